The number of carbonyl (C=O) groups excluding carboxylic acids is 8. The van der Waals surface area contributed by atoms with Gasteiger partial charge in [0.15, 0.2) is 0 Å². The molecule has 0 saturated heterocycles. The van der Waals surface area contributed by atoms with Crippen LogP contribution in [-0.4, -0.2) is 145 Å². The van der Waals surface area contributed by atoms with E-state index >= 15 is 0 Å². The van der Waals surface area contributed by atoms with Crippen molar-refractivity contribution in [1.29, 1.82) is 0 Å². The minimum Gasteiger partial charge on any atom is -0.461 e. The Hall–Kier alpha value is -5.34. The molecule has 5 atom stereocenters. The summed E-state index contributed by atoms with van der Waals surface area (Å²) in [6.45, 7) is 23.9. The summed E-state index contributed by atoms with van der Waals surface area (Å²) in [6, 6.07) is 5.63. The van der Waals surface area contributed by atoms with E-state index in [9.17, 15) is 38.4 Å². The molecular weight excluding hydrogens is 907 g/mol. The lowest BCUT2D eigenvalue weighted by Crippen LogP contribution is -2.60. The minimum absolute atomic E-state index is 0.143. The molecule has 6 amide bonds. The minimum atomic E-state index is -1.38. The summed E-state index contributed by atoms with van der Waals surface area (Å²) in [6.07, 6.45) is 0.250. The molecule has 20 heteroatoms. The van der Waals surface area contributed by atoms with Gasteiger partial charge >= 0.3 is 18.0 Å². The first kappa shape index (κ1) is 62.7. The Kier molecular flexibility index (Phi) is 26.6. The Morgan fingerprint density at radius 2 is 1.06 bits per heavy atom. The maximum Gasteiger partial charge on any atom is 0.408 e. The van der Waals surface area contributed by atoms with Gasteiger partial charge in [-0.2, -0.15) is 0 Å². The number of alkyl carbamates (subject to hydrolysis) is 1. The van der Waals surface area contributed by atoms with E-state index in [1.165, 1.54) is 0 Å². The number of benzene rings is 1. The number of ether oxygens (including phenoxy) is 5. The second-order valence-corrected chi connectivity index (χ2v) is 21.3. The van der Waals surface area contributed by atoms with Crippen molar-refractivity contribution < 1.29 is 62.0 Å². The third kappa shape index (κ3) is 30.3. The van der Waals surface area contributed by atoms with Crippen molar-refractivity contribution in [3.05, 3.63) is 35.9 Å². The van der Waals surface area contributed by atoms with Gasteiger partial charge in [-0.25, -0.2) is 4.79 Å². The van der Waals surface area contributed by atoms with Crippen LogP contribution in [-0.2, 0) is 63.9 Å². The van der Waals surface area contributed by atoms with Crippen LogP contribution in [0, 0.1) is 0 Å². The van der Waals surface area contributed by atoms with Crippen molar-refractivity contribution in [3.63, 3.8) is 0 Å². The topological polar surface area (TPSA) is 258 Å². The van der Waals surface area contributed by atoms with Gasteiger partial charge in [-0.15, -0.1) is 0 Å². The standard InChI is InChI=1S/C50H85N7O13/c1-33(67-47(3,4)5)41(56-46(65)70-50(12,13)14)44(63)53-30-38(59)55-42(34(2)68-48(6,7)8)45(64)54-36(43(62)52-29-37(58)51-31-40(61)69-49(9,10)11)25-19-21-27-57(15)28-22-20-26-39(60)66-32-35-23-17-16-18-24-35/h16-18,23-24,33-34,36,41-42H,19-22,25-32H2,1-15H3,(H,51,58)(H,52,62)(H,53,63)(H,54,64)(H,55,59)(H,56,65)/t33-,34-,36+,41+,42+/m1/s1. The first-order valence-corrected chi connectivity index (χ1v) is 24.1. The third-order valence-electron chi connectivity index (χ3n) is 9.60. The lowest BCUT2D eigenvalue weighted by atomic mass is 10.1. The van der Waals surface area contributed by atoms with Crippen molar-refractivity contribution >= 4 is 47.6 Å². The van der Waals surface area contributed by atoms with Crippen molar-refractivity contribution in [2.75, 3.05) is 39.8 Å². The highest BCUT2D eigenvalue weighted by Gasteiger charge is 2.35. The third-order valence-corrected chi connectivity index (χ3v) is 9.60. The van der Waals surface area contributed by atoms with Gasteiger partial charge in [-0.3, -0.25) is 33.6 Å². The van der Waals surface area contributed by atoms with Crippen molar-refractivity contribution in [2.45, 2.75) is 195 Å². The first-order chi connectivity index (χ1) is 32.2. The molecule has 0 radical (unpaired) electrons. The molecule has 1 aromatic carbocycles. The van der Waals surface area contributed by atoms with E-state index in [2.05, 4.69) is 36.8 Å². The molecule has 6 N–H and O–H groups in total. The molecule has 0 aromatic heterocycles. The zero-order chi connectivity index (χ0) is 53.5. The average Bonchev–Trinajstić information content (AvgIpc) is 3.21. The predicted octanol–water partition coefficient (Wildman–Crippen LogP) is 3.96. The summed E-state index contributed by atoms with van der Waals surface area (Å²) in [5.74, 6) is -4.60. The highest BCUT2D eigenvalue weighted by atomic mass is 16.6. The molecule has 0 aliphatic rings. The van der Waals surface area contributed by atoms with E-state index in [0.717, 1.165) is 12.0 Å². The van der Waals surface area contributed by atoms with Crippen LogP contribution in [0.15, 0.2) is 30.3 Å². The molecule has 398 valence electrons. The van der Waals surface area contributed by atoms with Crippen LogP contribution >= 0.6 is 0 Å². The summed E-state index contributed by atoms with van der Waals surface area (Å²) in [4.78, 5) is 107. The molecule has 70 heavy (non-hydrogen) atoms. The van der Waals surface area contributed by atoms with Crippen LogP contribution in [0.4, 0.5) is 4.79 Å². The van der Waals surface area contributed by atoms with E-state index in [1.54, 1.807) is 96.9 Å². The van der Waals surface area contributed by atoms with E-state index in [0.29, 0.717) is 38.8 Å². The molecule has 0 aliphatic carbocycles. The van der Waals surface area contributed by atoms with Crippen molar-refractivity contribution in [3.8, 4) is 0 Å². The molecule has 1 aromatic rings. The Labute approximate surface area is 415 Å². The quantitative estimate of drug-likeness (QED) is 0.0395. The normalized spacial score (nSPS) is 14.2. The van der Waals surface area contributed by atoms with Gasteiger partial charge in [0.05, 0.1) is 36.5 Å². The smallest absolute Gasteiger partial charge is 0.408 e. The Morgan fingerprint density at radius 3 is 1.60 bits per heavy atom. The zero-order valence-corrected chi connectivity index (χ0v) is 44.5. The highest BCUT2D eigenvalue weighted by molar-refractivity contribution is 5.95. The van der Waals surface area contributed by atoms with Crippen LogP contribution in [0.5, 0.6) is 0 Å². The van der Waals surface area contributed by atoms with Crippen LogP contribution in [0.2, 0.25) is 0 Å². The van der Waals surface area contributed by atoms with Gasteiger partial charge in [0.2, 0.25) is 29.5 Å². The van der Waals surface area contributed by atoms with Gasteiger partial charge < -0.3 is 60.5 Å². The lowest BCUT2D eigenvalue weighted by Gasteiger charge is -2.32. The summed E-state index contributed by atoms with van der Waals surface area (Å²) in [7, 11) is 1.94. The van der Waals surface area contributed by atoms with E-state index in [4.69, 9.17) is 23.7 Å². The van der Waals surface area contributed by atoms with Gasteiger partial charge in [0.25, 0.3) is 0 Å². The van der Waals surface area contributed by atoms with Crippen LogP contribution in [0.25, 0.3) is 0 Å². The van der Waals surface area contributed by atoms with E-state index < -0.39 is 114 Å². The van der Waals surface area contributed by atoms with Gasteiger partial charge in [0.1, 0.15) is 42.5 Å². The Bertz CT molecular complexity index is 1840. The van der Waals surface area contributed by atoms with Gasteiger partial charge in [-0.1, -0.05) is 30.3 Å². The Balaban J connectivity index is 3.13. The molecule has 20 nitrogen and oxygen atoms in total. The molecule has 0 bridgehead atoms. The number of nitrogens with one attached hydrogen (secondary N) is 6. The Morgan fingerprint density at radius 1 is 0.543 bits per heavy atom. The summed E-state index contributed by atoms with van der Waals surface area (Å²) < 4.78 is 28.0. The second kappa shape index (κ2) is 29.8. The van der Waals surface area contributed by atoms with E-state index in [1.807, 2.05) is 37.4 Å². The molecule has 0 saturated carbocycles. The van der Waals surface area contributed by atoms with Crippen LogP contribution in [0.3, 0.4) is 0 Å². The number of rotatable bonds is 28. The van der Waals surface area contributed by atoms with Crippen LogP contribution in [0.1, 0.15) is 141 Å². The SMILES string of the molecule is C[C@@H](OC(C)(C)C)[C@H](NC(=O)CNC(=O)[C@@H](NC(=O)OC(C)(C)C)[C@@H](C)OC(C)(C)C)C(=O)N[C@@H](CCCCN(C)CCCCC(=O)OCc1ccccc1)C(=O)NCC(=O)NCC(=O)OC(C)(C)C. The maximum absolute atomic E-state index is 14.2. The van der Waals surface area contributed by atoms with Crippen molar-refractivity contribution in [1.82, 2.24) is 36.8 Å². The van der Waals surface area contributed by atoms with E-state index in [-0.39, 0.29) is 19.0 Å². The fraction of sp³-hybridized carbons (Fsp3) is 0.720. The molecule has 0 fully saturated rings. The zero-order valence-electron chi connectivity index (χ0n) is 44.5. The number of carbonyl (C=O) groups is 8. The fourth-order valence-electron chi connectivity index (χ4n) is 6.71. The summed E-state index contributed by atoms with van der Waals surface area (Å²) >= 11 is 0. The number of nitrogens with zero attached hydrogens (tertiary/aromatic N) is 1. The summed E-state index contributed by atoms with van der Waals surface area (Å²) in [5.41, 5.74) is -2.18. The highest BCUT2D eigenvalue weighted by Crippen LogP contribution is 2.17. The number of unbranched alkanes of at least 4 members (excludes halogenated alkanes) is 2. The number of amides is 6. The number of esters is 2. The molecule has 0 unspecified atom stereocenters. The van der Waals surface area contributed by atoms with Gasteiger partial charge in [0, 0.05) is 6.42 Å². The lowest BCUT2D eigenvalue weighted by molar-refractivity contribution is -0.154. The molecule has 0 heterocycles. The van der Waals surface area contributed by atoms with Crippen molar-refractivity contribution in [2.24, 2.45) is 0 Å². The second-order valence-electron chi connectivity index (χ2n) is 21.3. The largest absolute Gasteiger partial charge is 0.461 e. The summed E-state index contributed by atoms with van der Waals surface area (Å²) in [5, 5.41) is 15.3. The maximum atomic E-state index is 14.2. The molecule has 1 rings (SSSR count). The average molecular weight is 992 g/mol. The number of hydrogen-bond acceptors (Lipinski definition) is 14. The fourth-order valence-corrected chi connectivity index (χ4v) is 6.71. The van der Waals surface area contributed by atoms with Gasteiger partial charge in [-0.05, 0) is 155 Å². The van der Waals surface area contributed by atoms with Crippen LogP contribution < -0.4 is 31.9 Å². The molecule has 0 aliphatic heterocycles. The number of hydrogen-bond donors (Lipinski definition) is 6. The monoisotopic (exact) mass is 992 g/mol. The first-order valence-electron chi connectivity index (χ1n) is 24.1. The predicted molar refractivity (Wildman–Crippen MR) is 264 cm³/mol. The molecule has 0 spiro atoms. The molecular formula is C50H85N7O13.